The van der Waals surface area contributed by atoms with Gasteiger partial charge in [0.15, 0.2) is 5.17 Å². The maximum absolute atomic E-state index is 13.7. The fourth-order valence-corrected chi connectivity index (χ4v) is 5.52. The summed E-state index contributed by atoms with van der Waals surface area (Å²) in [6, 6.07) is 18.7. The van der Waals surface area contributed by atoms with E-state index in [1.54, 1.807) is 43.5 Å². The van der Waals surface area contributed by atoms with Gasteiger partial charge >= 0.3 is 0 Å². The van der Waals surface area contributed by atoms with Crippen molar-refractivity contribution >= 4 is 40.1 Å². The molecule has 0 radical (unpaired) electrons. The van der Waals surface area contributed by atoms with E-state index in [-0.39, 0.29) is 24.2 Å². The van der Waals surface area contributed by atoms with Gasteiger partial charge in [0.1, 0.15) is 22.6 Å². The number of amidine groups is 1. The quantitative estimate of drug-likeness (QED) is 0.431. The Kier molecular flexibility index (Phi) is 7.65. The van der Waals surface area contributed by atoms with Gasteiger partial charge in [0.25, 0.3) is 5.91 Å². The lowest BCUT2D eigenvalue weighted by atomic mass is 9.98. The maximum atomic E-state index is 13.7. The third-order valence-electron chi connectivity index (χ3n) is 6.51. The number of hydrogen-bond acceptors (Lipinski definition) is 7. The average molecular weight is 547 g/mol. The fraction of sp³-hybridized carbons (Fsp3) is 0.241. The zero-order chi connectivity index (χ0) is 27.5. The van der Waals surface area contributed by atoms with Crippen LogP contribution < -0.4 is 14.8 Å². The molecule has 1 N–H and O–H groups in total. The summed E-state index contributed by atoms with van der Waals surface area (Å²) in [5, 5.41) is 9.07. The number of hydrogen-bond donors (Lipinski definition) is 1. The van der Waals surface area contributed by atoms with E-state index in [0.717, 1.165) is 16.7 Å². The van der Waals surface area contributed by atoms with E-state index >= 15 is 0 Å². The maximum Gasteiger partial charge on any atom is 0.262 e. The summed E-state index contributed by atoms with van der Waals surface area (Å²) in [7, 11) is 3.16. The van der Waals surface area contributed by atoms with Crippen LogP contribution >= 0.6 is 11.8 Å². The van der Waals surface area contributed by atoms with Crippen LogP contribution in [0, 0.1) is 12.7 Å². The highest BCUT2D eigenvalue weighted by Gasteiger charge is 2.39. The molecular formula is C29H27FN4O4S. The lowest BCUT2D eigenvalue weighted by molar-refractivity contribution is -0.121. The molecule has 39 heavy (non-hydrogen) atoms. The smallest absolute Gasteiger partial charge is 0.262 e. The van der Waals surface area contributed by atoms with Crippen molar-refractivity contribution in [1.82, 2.24) is 5.01 Å². The van der Waals surface area contributed by atoms with Gasteiger partial charge < -0.3 is 14.8 Å². The minimum atomic E-state index is -0.676. The molecule has 2 aliphatic heterocycles. The number of rotatable bonds is 7. The molecule has 0 fully saturated rings. The Morgan fingerprint density at radius 2 is 1.82 bits per heavy atom. The van der Waals surface area contributed by atoms with Crippen molar-refractivity contribution in [1.29, 1.82) is 0 Å². The van der Waals surface area contributed by atoms with Gasteiger partial charge in [-0.1, -0.05) is 41.6 Å². The molecule has 3 aromatic rings. The van der Waals surface area contributed by atoms with Crippen LogP contribution in [0.25, 0.3) is 0 Å². The number of benzene rings is 3. The zero-order valence-corrected chi connectivity index (χ0v) is 22.5. The molecule has 2 heterocycles. The Bertz CT molecular complexity index is 1460. The monoisotopic (exact) mass is 546 g/mol. The molecule has 0 unspecified atom stereocenters. The predicted octanol–water partition coefficient (Wildman–Crippen LogP) is 5.33. The molecule has 0 saturated carbocycles. The van der Waals surface area contributed by atoms with Crippen molar-refractivity contribution in [2.75, 3.05) is 19.5 Å². The Labute approximate surface area is 229 Å². The van der Waals surface area contributed by atoms with Gasteiger partial charge in [-0.2, -0.15) is 10.1 Å². The van der Waals surface area contributed by atoms with Crippen LogP contribution in [0.2, 0.25) is 0 Å². The molecule has 8 nitrogen and oxygen atoms in total. The van der Waals surface area contributed by atoms with Crippen molar-refractivity contribution < 1.29 is 23.5 Å². The third kappa shape index (κ3) is 5.80. The Morgan fingerprint density at radius 1 is 1.08 bits per heavy atom. The molecular weight excluding hydrogens is 519 g/mol. The second kappa shape index (κ2) is 11.3. The minimum Gasteiger partial charge on any atom is -0.497 e. The molecule has 2 amide bonds. The zero-order valence-electron chi connectivity index (χ0n) is 21.7. The number of nitrogens with one attached hydrogen (secondary N) is 1. The molecule has 2 atom stereocenters. The molecule has 200 valence electrons. The minimum absolute atomic E-state index is 0.0281. The Balaban J connectivity index is 1.40. The van der Waals surface area contributed by atoms with Crippen molar-refractivity contribution in [3.63, 3.8) is 0 Å². The van der Waals surface area contributed by atoms with Gasteiger partial charge in [-0.15, -0.1) is 0 Å². The van der Waals surface area contributed by atoms with Crippen LogP contribution in [0.3, 0.4) is 0 Å². The lowest BCUT2D eigenvalue weighted by Crippen LogP contribution is -2.25. The van der Waals surface area contributed by atoms with Gasteiger partial charge in [0.05, 0.1) is 26.0 Å². The first kappa shape index (κ1) is 26.4. The molecule has 0 bridgehead atoms. The van der Waals surface area contributed by atoms with Crippen LogP contribution in [0.1, 0.15) is 35.6 Å². The van der Waals surface area contributed by atoms with Crippen molar-refractivity contribution in [3.05, 3.63) is 89.2 Å². The van der Waals surface area contributed by atoms with Gasteiger partial charge in [-0.25, -0.2) is 9.40 Å². The van der Waals surface area contributed by atoms with E-state index in [2.05, 4.69) is 10.3 Å². The molecule has 5 rings (SSSR count). The van der Waals surface area contributed by atoms with E-state index < -0.39 is 11.2 Å². The number of methoxy groups -OCH3 is 2. The fourth-order valence-electron chi connectivity index (χ4n) is 4.46. The molecule has 0 aromatic heterocycles. The summed E-state index contributed by atoms with van der Waals surface area (Å²) < 4.78 is 24.7. The number of hydrazone groups is 1. The number of anilines is 1. The van der Waals surface area contributed by atoms with Crippen LogP contribution in [0.15, 0.2) is 76.8 Å². The normalized spacial score (nSPS) is 18.6. The summed E-state index contributed by atoms with van der Waals surface area (Å²) in [6.07, 6.45) is 0.432. The van der Waals surface area contributed by atoms with E-state index in [1.807, 2.05) is 37.3 Å². The first-order valence-electron chi connectivity index (χ1n) is 12.3. The molecule has 10 heteroatoms. The first-order valence-corrected chi connectivity index (χ1v) is 13.2. The topological polar surface area (TPSA) is 92.6 Å². The summed E-state index contributed by atoms with van der Waals surface area (Å²) in [4.78, 5) is 29.8. The second-order valence-electron chi connectivity index (χ2n) is 9.19. The summed E-state index contributed by atoms with van der Waals surface area (Å²) in [5.41, 5.74) is 4.01. The number of carbonyl (C=O) groups excluding carboxylic acids is 2. The number of aryl methyl sites for hydroxylation is 1. The molecule has 0 spiro atoms. The summed E-state index contributed by atoms with van der Waals surface area (Å²) in [6.45, 7) is 1.97. The van der Waals surface area contributed by atoms with Crippen molar-refractivity contribution in [3.8, 4) is 11.5 Å². The van der Waals surface area contributed by atoms with Gasteiger partial charge in [-0.3, -0.25) is 9.59 Å². The van der Waals surface area contributed by atoms with Crippen molar-refractivity contribution in [2.24, 2.45) is 10.1 Å². The molecule has 0 saturated heterocycles. The summed E-state index contributed by atoms with van der Waals surface area (Å²) in [5.74, 6) is 0.253. The highest BCUT2D eigenvalue weighted by molar-refractivity contribution is 8.15. The third-order valence-corrected chi connectivity index (χ3v) is 7.66. The standard InChI is InChI=1S/C29H27FN4O4S/c1-17-4-10-20(11-5-17)31-27(35)16-26-28(36)32-29(39-26)34-24(18-6-8-19(30)9-7-18)15-23(33-34)22-14-21(37-2)12-13-25(22)38-3/h4-14,24,26H,15-16H2,1-3H3,(H,31,35)/t24-,26-/m1/s1. The number of halogens is 1. The Hall–Kier alpha value is -4.18. The van der Waals surface area contributed by atoms with Gasteiger partial charge in [0.2, 0.25) is 5.91 Å². The molecule has 3 aromatic carbocycles. The van der Waals surface area contributed by atoms with Crippen LogP contribution in [0.5, 0.6) is 11.5 Å². The first-order chi connectivity index (χ1) is 18.8. The SMILES string of the molecule is COc1ccc(OC)c(C2=NN(C3=NC(=O)[C@@H](CC(=O)Nc4ccc(C)cc4)S3)[C@@H](c3ccc(F)cc3)C2)c1. The number of carbonyl (C=O) groups is 2. The molecule has 0 aliphatic carbocycles. The predicted molar refractivity (Wildman–Crippen MR) is 150 cm³/mol. The van der Waals surface area contributed by atoms with Gasteiger partial charge in [-0.05, 0) is 55.0 Å². The largest absolute Gasteiger partial charge is 0.497 e. The van der Waals surface area contributed by atoms with Crippen LogP contribution in [-0.2, 0) is 9.59 Å². The van der Waals surface area contributed by atoms with Gasteiger partial charge in [0, 0.05) is 24.1 Å². The highest BCUT2D eigenvalue weighted by atomic mass is 32.2. The van der Waals surface area contributed by atoms with E-state index in [1.165, 1.54) is 23.9 Å². The number of thioether (sulfide) groups is 1. The number of amides is 2. The van der Waals surface area contributed by atoms with Crippen LogP contribution in [0.4, 0.5) is 10.1 Å². The number of nitrogens with zero attached hydrogens (tertiary/aromatic N) is 3. The lowest BCUT2D eigenvalue weighted by Gasteiger charge is -2.23. The van der Waals surface area contributed by atoms with E-state index in [4.69, 9.17) is 14.6 Å². The Morgan fingerprint density at radius 3 is 2.51 bits per heavy atom. The van der Waals surface area contributed by atoms with Crippen molar-refractivity contribution in [2.45, 2.75) is 31.1 Å². The second-order valence-corrected chi connectivity index (χ2v) is 10.4. The number of aliphatic imine (C=N–C) groups is 1. The van der Waals surface area contributed by atoms with Crippen LogP contribution in [-0.4, -0.2) is 47.2 Å². The molecule has 2 aliphatic rings. The highest BCUT2D eigenvalue weighted by Crippen LogP contribution is 2.40. The van der Waals surface area contributed by atoms with E-state index in [9.17, 15) is 14.0 Å². The van der Waals surface area contributed by atoms with E-state index in [0.29, 0.717) is 34.5 Å². The summed E-state index contributed by atoms with van der Waals surface area (Å²) >= 11 is 1.20. The average Bonchev–Trinajstić information content (AvgIpc) is 3.54. The number of ether oxygens (including phenoxy) is 2.